The lowest BCUT2D eigenvalue weighted by atomic mass is 10.6. The summed E-state index contributed by atoms with van der Waals surface area (Å²) in [5.41, 5.74) is 0. The summed E-state index contributed by atoms with van der Waals surface area (Å²) in [6, 6.07) is 0. The molecule has 0 saturated carbocycles. The summed E-state index contributed by atoms with van der Waals surface area (Å²) >= 11 is 0. The molecule has 0 spiro atoms. The van der Waals surface area contributed by atoms with Crippen molar-refractivity contribution in [3.63, 3.8) is 0 Å². The summed E-state index contributed by atoms with van der Waals surface area (Å²) in [7, 11) is 0. The Morgan fingerprint density at radius 1 is 1.86 bits per heavy atom. The van der Waals surface area contributed by atoms with Gasteiger partial charge in [0.05, 0.1) is 6.54 Å². The average molecular weight is 96.1 g/mol. The van der Waals surface area contributed by atoms with Gasteiger partial charge in [-0.2, -0.15) is 0 Å². The van der Waals surface area contributed by atoms with E-state index in [1.807, 2.05) is 0 Å². The molecule has 0 atom stereocenters. The first-order valence-electron chi connectivity index (χ1n) is 2.34. The van der Waals surface area contributed by atoms with Gasteiger partial charge in [-0.3, -0.25) is 4.99 Å². The molecule has 38 valence electrons. The Morgan fingerprint density at radius 2 is 2.71 bits per heavy atom. The Morgan fingerprint density at radius 3 is 3.00 bits per heavy atom. The summed E-state index contributed by atoms with van der Waals surface area (Å²) in [5.74, 6) is 0.931. The number of rotatable bonds is 1. The van der Waals surface area contributed by atoms with Gasteiger partial charge in [-0.1, -0.05) is 6.58 Å². The molecule has 0 aliphatic carbocycles. The van der Waals surface area contributed by atoms with E-state index in [9.17, 15) is 0 Å². The van der Waals surface area contributed by atoms with E-state index in [1.54, 1.807) is 6.08 Å². The molecule has 1 aliphatic rings. The average Bonchev–Trinajstić information content (AvgIpc) is 2.14. The lowest BCUT2D eigenvalue weighted by molar-refractivity contribution is 0.961. The van der Waals surface area contributed by atoms with Crippen LogP contribution in [0.1, 0.15) is 0 Å². The Bertz CT molecular complexity index is 105. The predicted octanol–water partition coefficient (Wildman–Crippen LogP) is 0.174. The minimum Gasteiger partial charge on any atom is -0.369 e. The van der Waals surface area contributed by atoms with Gasteiger partial charge >= 0.3 is 0 Å². The van der Waals surface area contributed by atoms with Crippen LogP contribution in [0.15, 0.2) is 17.6 Å². The van der Waals surface area contributed by atoms with E-state index in [0.29, 0.717) is 0 Å². The number of nitrogens with one attached hydrogen (secondary N) is 1. The van der Waals surface area contributed by atoms with Crippen LogP contribution in [-0.4, -0.2) is 18.9 Å². The topological polar surface area (TPSA) is 24.4 Å². The fourth-order valence-electron chi connectivity index (χ4n) is 0.553. The molecule has 2 nitrogen and oxygen atoms in total. The molecule has 0 unspecified atom stereocenters. The minimum absolute atomic E-state index is 0.904. The third-order valence-corrected chi connectivity index (χ3v) is 0.893. The van der Waals surface area contributed by atoms with Crippen LogP contribution >= 0.6 is 0 Å². The van der Waals surface area contributed by atoms with Crippen molar-refractivity contribution in [1.29, 1.82) is 0 Å². The van der Waals surface area contributed by atoms with E-state index in [0.717, 1.165) is 18.9 Å². The molecule has 0 amide bonds. The minimum atomic E-state index is 0.904. The standard InChI is InChI=1S/C5H8N2/c1-2-5-6-3-4-7-5/h2H,1,3-4H2,(H,6,7). The van der Waals surface area contributed by atoms with Crippen molar-refractivity contribution >= 4 is 5.84 Å². The Labute approximate surface area is 42.9 Å². The molecule has 7 heavy (non-hydrogen) atoms. The summed E-state index contributed by atoms with van der Waals surface area (Å²) < 4.78 is 0. The number of nitrogens with zero attached hydrogens (tertiary/aromatic N) is 1. The number of hydrogen-bond donors (Lipinski definition) is 1. The van der Waals surface area contributed by atoms with Crippen LogP contribution in [0.2, 0.25) is 0 Å². The lowest BCUT2D eigenvalue weighted by Gasteiger charge is -1.87. The van der Waals surface area contributed by atoms with E-state index in [2.05, 4.69) is 16.9 Å². The predicted molar refractivity (Wildman–Crippen MR) is 30.5 cm³/mol. The third-order valence-electron chi connectivity index (χ3n) is 0.893. The Kier molecular flexibility index (Phi) is 1.11. The molecular weight excluding hydrogens is 88.1 g/mol. The first-order chi connectivity index (χ1) is 3.43. The summed E-state index contributed by atoms with van der Waals surface area (Å²) in [6.07, 6.45) is 1.73. The number of hydrogen-bond acceptors (Lipinski definition) is 2. The second-order valence-corrected chi connectivity index (χ2v) is 1.40. The Balaban J connectivity index is 2.51. The normalized spacial score (nSPS) is 18.0. The van der Waals surface area contributed by atoms with Crippen LogP contribution in [0, 0.1) is 0 Å². The highest BCUT2D eigenvalue weighted by Gasteiger charge is 1.96. The van der Waals surface area contributed by atoms with Gasteiger partial charge in [0.1, 0.15) is 5.84 Å². The maximum atomic E-state index is 4.04. The largest absolute Gasteiger partial charge is 0.369 e. The van der Waals surface area contributed by atoms with E-state index in [-0.39, 0.29) is 0 Å². The highest BCUT2D eigenvalue weighted by atomic mass is 15.1. The van der Waals surface area contributed by atoms with Gasteiger partial charge < -0.3 is 5.32 Å². The van der Waals surface area contributed by atoms with Gasteiger partial charge in [0.25, 0.3) is 0 Å². The zero-order valence-electron chi connectivity index (χ0n) is 4.15. The smallest absolute Gasteiger partial charge is 0.120 e. The fraction of sp³-hybridized carbons (Fsp3) is 0.400. The van der Waals surface area contributed by atoms with Crippen LogP contribution < -0.4 is 5.32 Å². The lowest BCUT2D eigenvalue weighted by Crippen LogP contribution is -2.15. The number of amidine groups is 1. The van der Waals surface area contributed by atoms with Crippen LogP contribution in [0.25, 0.3) is 0 Å². The van der Waals surface area contributed by atoms with E-state index in [1.165, 1.54) is 0 Å². The van der Waals surface area contributed by atoms with Crippen LogP contribution in [0.4, 0.5) is 0 Å². The van der Waals surface area contributed by atoms with Crippen molar-refractivity contribution in [2.45, 2.75) is 0 Å². The summed E-state index contributed by atoms with van der Waals surface area (Å²) in [4.78, 5) is 4.04. The molecule has 0 aromatic rings. The zero-order valence-corrected chi connectivity index (χ0v) is 4.15. The summed E-state index contributed by atoms with van der Waals surface area (Å²) in [5, 5.41) is 3.04. The first-order valence-corrected chi connectivity index (χ1v) is 2.34. The molecule has 1 rings (SSSR count). The van der Waals surface area contributed by atoms with Gasteiger partial charge in [-0.05, 0) is 6.08 Å². The van der Waals surface area contributed by atoms with Gasteiger partial charge in [-0.15, -0.1) is 0 Å². The molecule has 1 aliphatic heterocycles. The van der Waals surface area contributed by atoms with Gasteiger partial charge in [0, 0.05) is 6.54 Å². The Hall–Kier alpha value is -0.790. The van der Waals surface area contributed by atoms with Crippen molar-refractivity contribution in [2.75, 3.05) is 13.1 Å². The highest BCUT2D eigenvalue weighted by molar-refractivity contribution is 5.93. The van der Waals surface area contributed by atoms with Gasteiger partial charge in [0.2, 0.25) is 0 Å². The van der Waals surface area contributed by atoms with Crippen molar-refractivity contribution in [1.82, 2.24) is 5.32 Å². The molecule has 0 fully saturated rings. The van der Waals surface area contributed by atoms with Gasteiger partial charge in [0.15, 0.2) is 0 Å². The monoisotopic (exact) mass is 96.1 g/mol. The summed E-state index contributed by atoms with van der Waals surface area (Å²) in [6.45, 7) is 5.43. The molecule has 0 bridgehead atoms. The molecular formula is C5H8N2. The van der Waals surface area contributed by atoms with Crippen LogP contribution in [0.5, 0.6) is 0 Å². The van der Waals surface area contributed by atoms with Crippen LogP contribution in [-0.2, 0) is 0 Å². The van der Waals surface area contributed by atoms with Crippen molar-refractivity contribution in [2.24, 2.45) is 4.99 Å². The third kappa shape index (κ3) is 0.796. The molecule has 0 aromatic heterocycles. The zero-order chi connectivity index (χ0) is 5.11. The molecule has 1 N–H and O–H groups in total. The second-order valence-electron chi connectivity index (χ2n) is 1.40. The first kappa shape index (κ1) is 4.37. The molecule has 1 heterocycles. The van der Waals surface area contributed by atoms with Crippen molar-refractivity contribution < 1.29 is 0 Å². The van der Waals surface area contributed by atoms with Crippen LogP contribution in [0.3, 0.4) is 0 Å². The number of aliphatic imine (C=N–C) groups is 1. The van der Waals surface area contributed by atoms with E-state index < -0.39 is 0 Å². The molecule has 0 radical (unpaired) electrons. The fourth-order valence-corrected chi connectivity index (χ4v) is 0.553. The van der Waals surface area contributed by atoms with Crippen molar-refractivity contribution in [3.8, 4) is 0 Å². The molecule has 2 heteroatoms. The second kappa shape index (κ2) is 1.78. The SMILES string of the molecule is C=CC1=NCCN1. The molecule has 0 aromatic carbocycles. The quantitative estimate of drug-likeness (QED) is 0.494. The van der Waals surface area contributed by atoms with E-state index >= 15 is 0 Å². The van der Waals surface area contributed by atoms with Crippen molar-refractivity contribution in [3.05, 3.63) is 12.7 Å². The van der Waals surface area contributed by atoms with Gasteiger partial charge in [-0.25, -0.2) is 0 Å². The van der Waals surface area contributed by atoms with E-state index in [4.69, 9.17) is 0 Å². The maximum Gasteiger partial charge on any atom is 0.120 e. The molecule has 0 saturated heterocycles. The maximum absolute atomic E-state index is 4.04. The highest BCUT2D eigenvalue weighted by Crippen LogP contribution is 1.82.